The largest absolute Gasteiger partial charge is 0.346 e. The zero-order chi connectivity index (χ0) is 14.6. The molecular formula is C15H23N3O2S. The van der Waals surface area contributed by atoms with Gasteiger partial charge in [-0.3, -0.25) is 0 Å². The van der Waals surface area contributed by atoms with Crippen LogP contribution in [0.5, 0.6) is 0 Å². The Bertz CT molecular complexity index is 648. The molecular weight excluding hydrogens is 286 g/mol. The molecule has 3 N–H and O–H groups in total. The molecule has 1 aromatic heterocycles. The van der Waals surface area contributed by atoms with E-state index in [9.17, 15) is 8.42 Å². The maximum atomic E-state index is 12.6. The Morgan fingerprint density at radius 1 is 1.24 bits per heavy atom. The lowest BCUT2D eigenvalue weighted by atomic mass is 9.96. The predicted octanol–water partition coefficient (Wildman–Crippen LogP) is 1.75. The van der Waals surface area contributed by atoms with Crippen molar-refractivity contribution in [1.82, 2.24) is 9.29 Å². The Morgan fingerprint density at radius 3 is 2.62 bits per heavy atom. The van der Waals surface area contributed by atoms with Crippen molar-refractivity contribution in [3.8, 4) is 0 Å². The second-order valence-corrected chi connectivity index (χ2v) is 8.63. The molecule has 0 aliphatic heterocycles. The lowest BCUT2D eigenvalue weighted by Crippen LogP contribution is -2.38. The molecule has 3 aliphatic carbocycles. The maximum Gasteiger partial charge on any atom is 0.242 e. The number of nitrogens with one attached hydrogen (secondary N) is 1. The average Bonchev–Trinajstić information content (AvgIpc) is 2.89. The Hall–Kier alpha value is -0.850. The van der Waals surface area contributed by atoms with Crippen molar-refractivity contribution < 1.29 is 8.42 Å². The quantitative estimate of drug-likeness (QED) is 0.870. The van der Waals surface area contributed by atoms with Gasteiger partial charge in [-0.05, 0) is 50.0 Å². The summed E-state index contributed by atoms with van der Waals surface area (Å²) in [4.78, 5) is 0.387. The first-order chi connectivity index (χ1) is 10.1. The molecule has 0 spiro atoms. The summed E-state index contributed by atoms with van der Waals surface area (Å²) in [5, 5.41) is 0. The molecule has 3 unspecified atom stereocenters. The third kappa shape index (κ3) is 2.43. The van der Waals surface area contributed by atoms with Crippen molar-refractivity contribution in [3.05, 3.63) is 18.0 Å². The van der Waals surface area contributed by atoms with E-state index in [2.05, 4.69) is 9.29 Å². The summed E-state index contributed by atoms with van der Waals surface area (Å²) in [6.45, 7) is 0.389. The molecule has 0 aromatic carbocycles. The molecule has 0 amide bonds. The van der Waals surface area contributed by atoms with Crippen LogP contribution >= 0.6 is 0 Å². The minimum Gasteiger partial charge on any atom is -0.346 e. The highest BCUT2D eigenvalue weighted by molar-refractivity contribution is 7.89. The molecule has 3 aliphatic rings. The summed E-state index contributed by atoms with van der Waals surface area (Å²) in [7, 11) is -3.41. The van der Waals surface area contributed by atoms with Crippen LogP contribution < -0.4 is 10.5 Å². The fourth-order valence-electron chi connectivity index (χ4n) is 4.16. The van der Waals surface area contributed by atoms with E-state index in [1.807, 2.05) is 0 Å². The van der Waals surface area contributed by atoms with Gasteiger partial charge in [0.25, 0.3) is 0 Å². The van der Waals surface area contributed by atoms with E-state index in [1.54, 1.807) is 12.3 Å². The third-order valence-electron chi connectivity index (χ3n) is 5.41. The summed E-state index contributed by atoms with van der Waals surface area (Å²) < 4.78 is 30.2. The normalized spacial score (nSPS) is 32.0. The van der Waals surface area contributed by atoms with Gasteiger partial charge in [-0.2, -0.15) is 0 Å². The van der Waals surface area contributed by atoms with Gasteiger partial charge in [0, 0.05) is 30.5 Å². The van der Waals surface area contributed by atoms with Crippen LogP contribution in [0.25, 0.3) is 0 Å². The number of hydrogen-bond donors (Lipinski definition) is 2. The highest BCUT2D eigenvalue weighted by Gasteiger charge is 2.41. The van der Waals surface area contributed by atoms with E-state index in [1.165, 1.54) is 19.3 Å². The Labute approximate surface area is 125 Å². The summed E-state index contributed by atoms with van der Waals surface area (Å²) in [6, 6.07) is 2.34. The van der Waals surface area contributed by atoms with Crippen molar-refractivity contribution in [2.45, 2.75) is 62.0 Å². The second kappa shape index (κ2) is 4.83. The van der Waals surface area contributed by atoms with E-state index in [0.29, 0.717) is 23.4 Å². The van der Waals surface area contributed by atoms with E-state index < -0.39 is 10.0 Å². The van der Waals surface area contributed by atoms with Crippen LogP contribution in [0.3, 0.4) is 0 Å². The number of aromatic nitrogens is 1. The van der Waals surface area contributed by atoms with Gasteiger partial charge >= 0.3 is 0 Å². The van der Waals surface area contributed by atoms with Gasteiger partial charge in [-0.25, -0.2) is 13.1 Å². The lowest BCUT2D eigenvalue weighted by Gasteiger charge is -2.22. The van der Waals surface area contributed by atoms with Crippen molar-refractivity contribution >= 4 is 10.0 Å². The van der Waals surface area contributed by atoms with Crippen molar-refractivity contribution in [2.75, 3.05) is 0 Å². The van der Waals surface area contributed by atoms with Crippen LogP contribution in [0.4, 0.5) is 0 Å². The van der Waals surface area contributed by atoms with Gasteiger partial charge < -0.3 is 10.3 Å². The molecule has 0 radical (unpaired) electrons. The number of fused-ring (bicyclic) bond motifs is 2. The van der Waals surface area contributed by atoms with Crippen LogP contribution in [-0.4, -0.2) is 19.0 Å². The number of hydrogen-bond acceptors (Lipinski definition) is 3. The molecule has 116 valence electrons. The third-order valence-corrected chi connectivity index (χ3v) is 6.87. The van der Waals surface area contributed by atoms with E-state index in [0.717, 1.165) is 30.9 Å². The summed E-state index contributed by atoms with van der Waals surface area (Å²) in [5.41, 5.74) is 6.67. The fraction of sp³-hybridized carbons (Fsp3) is 0.733. The smallest absolute Gasteiger partial charge is 0.242 e. The molecule has 1 aromatic rings. The van der Waals surface area contributed by atoms with Gasteiger partial charge in [0.1, 0.15) is 0 Å². The van der Waals surface area contributed by atoms with Crippen LogP contribution in [0.15, 0.2) is 17.2 Å². The van der Waals surface area contributed by atoms with Gasteiger partial charge in [0.05, 0.1) is 4.90 Å². The first-order valence-corrected chi connectivity index (χ1v) is 9.48. The van der Waals surface area contributed by atoms with Gasteiger partial charge in [0.2, 0.25) is 10.0 Å². The van der Waals surface area contributed by atoms with Gasteiger partial charge in [-0.1, -0.05) is 6.42 Å². The maximum absolute atomic E-state index is 12.6. The standard InChI is InChI=1S/C15H23N3O2S/c16-8-13-7-14(9-18(13)12-3-4-12)21(19,20)17-15-6-10-1-2-11(15)5-10/h7,9-12,15,17H,1-6,8,16H2. The van der Waals surface area contributed by atoms with Crippen LogP contribution in [0.2, 0.25) is 0 Å². The number of nitrogens with two attached hydrogens (primary N) is 1. The molecule has 5 nitrogen and oxygen atoms in total. The summed E-state index contributed by atoms with van der Waals surface area (Å²) >= 11 is 0. The topological polar surface area (TPSA) is 77.1 Å². The van der Waals surface area contributed by atoms with Crippen LogP contribution in [0, 0.1) is 11.8 Å². The van der Waals surface area contributed by atoms with Crippen molar-refractivity contribution in [3.63, 3.8) is 0 Å². The Kier molecular flexibility index (Phi) is 3.17. The first-order valence-electron chi connectivity index (χ1n) is 8.00. The highest BCUT2D eigenvalue weighted by atomic mass is 32.2. The molecule has 0 saturated heterocycles. The van der Waals surface area contributed by atoms with E-state index in [4.69, 9.17) is 5.73 Å². The number of sulfonamides is 1. The molecule has 21 heavy (non-hydrogen) atoms. The highest BCUT2D eigenvalue weighted by Crippen LogP contribution is 2.45. The Balaban J connectivity index is 1.56. The average molecular weight is 309 g/mol. The molecule has 4 rings (SSSR count). The zero-order valence-corrected chi connectivity index (χ0v) is 13.0. The van der Waals surface area contributed by atoms with Crippen LogP contribution in [0.1, 0.15) is 50.3 Å². The van der Waals surface area contributed by atoms with Gasteiger partial charge in [0.15, 0.2) is 0 Å². The Morgan fingerprint density at radius 2 is 2.05 bits per heavy atom. The zero-order valence-electron chi connectivity index (χ0n) is 12.2. The van der Waals surface area contributed by atoms with Crippen LogP contribution in [-0.2, 0) is 16.6 Å². The minimum atomic E-state index is -3.41. The number of rotatable bonds is 5. The number of nitrogens with zero attached hydrogens (tertiary/aromatic N) is 1. The lowest BCUT2D eigenvalue weighted by molar-refractivity contribution is 0.390. The molecule has 2 bridgehead atoms. The molecule has 3 saturated carbocycles. The van der Waals surface area contributed by atoms with Crippen molar-refractivity contribution in [2.24, 2.45) is 17.6 Å². The molecule has 3 atom stereocenters. The second-order valence-electron chi connectivity index (χ2n) is 6.91. The fourth-order valence-corrected chi connectivity index (χ4v) is 5.52. The SMILES string of the molecule is NCc1cc(S(=O)(=O)NC2CC3CCC2C3)cn1C1CC1. The summed E-state index contributed by atoms with van der Waals surface area (Å²) in [5.74, 6) is 1.28. The monoisotopic (exact) mass is 309 g/mol. The minimum absolute atomic E-state index is 0.138. The summed E-state index contributed by atoms with van der Waals surface area (Å²) in [6.07, 6.45) is 8.69. The van der Waals surface area contributed by atoms with E-state index >= 15 is 0 Å². The van der Waals surface area contributed by atoms with Gasteiger partial charge in [-0.15, -0.1) is 0 Å². The molecule has 3 fully saturated rings. The first kappa shape index (κ1) is 13.8. The predicted molar refractivity (Wildman–Crippen MR) is 80.2 cm³/mol. The molecule has 6 heteroatoms. The van der Waals surface area contributed by atoms with E-state index in [-0.39, 0.29) is 6.04 Å². The molecule has 1 heterocycles. The van der Waals surface area contributed by atoms with Crippen molar-refractivity contribution in [1.29, 1.82) is 0 Å².